The standard InChI is InChI=1S/C49H37N9O3S14/c59-33(24-32-62-63-34-15-1-8-25-50-34)57-44-43(49(73-67-38-19-5-12-29-54-38,74-68-39-20-6-13-30-55-39)75-69-40-21-7-14-31-56-40)46(70-64-35-16-2-9-26-51-35)48(72-66-37-18-4-11-28-53-37)47(71-65-36-17-3-10-27-52-36)45(44)58-41(60)22-23-42(58)61/h1-21,25-31H,22-24,32H2,(H,57,59). The van der Waals surface area contributed by atoms with Crippen LogP contribution in [0.25, 0.3) is 0 Å². The van der Waals surface area contributed by atoms with Crippen molar-refractivity contribution >= 4 is 180 Å². The highest BCUT2D eigenvalue weighted by Gasteiger charge is 2.47. The highest BCUT2D eigenvalue weighted by Crippen LogP contribution is 2.73. The van der Waals surface area contributed by atoms with Crippen LogP contribution in [-0.2, 0) is 17.8 Å². The van der Waals surface area contributed by atoms with Crippen molar-refractivity contribution in [1.29, 1.82) is 0 Å². The van der Waals surface area contributed by atoms with E-state index in [0.29, 0.717) is 26.9 Å². The molecule has 3 amide bonds. The summed E-state index contributed by atoms with van der Waals surface area (Å²) in [4.78, 5) is 80.6. The van der Waals surface area contributed by atoms with Crippen molar-refractivity contribution in [3.63, 3.8) is 0 Å². The van der Waals surface area contributed by atoms with Crippen LogP contribution in [-0.4, -0.2) is 58.4 Å². The summed E-state index contributed by atoms with van der Waals surface area (Å²) < 4.78 is -1.17. The van der Waals surface area contributed by atoms with E-state index in [4.69, 9.17) is 24.9 Å². The zero-order valence-corrected chi connectivity index (χ0v) is 49.9. The zero-order chi connectivity index (χ0) is 51.5. The summed E-state index contributed by atoms with van der Waals surface area (Å²) in [6.07, 6.45) is 12.4. The van der Waals surface area contributed by atoms with Gasteiger partial charge in [-0.1, -0.05) is 85.6 Å². The number of carbonyl (C=O) groups is 3. The Bertz CT molecular complexity index is 3000. The summed E-state index contributed by atoms with van der Waals surface area (Å²) in [5.74, 6) is -0.627. The normalized spacial score (nSPS) is 12.6. The molecule has 7 aromatic heterocycles. The number of carbonyl (C=O) groups excluding carboxylic acids is 3. The molecule has 0 saturated carbocycles. The molecule has 1 aromatic carbocycles. The lowest BCUT2D eigenvalue weighted by atomic mass is 10.1. The third-order valence-electron chi connectivity index (χ3n) is 9.55. The molecular weight excluding hydrogens is 1210 g/mol. The van der Waals surface area contributed by atoms with Gasteiger partial charge in [-0.05, 0) is 193 Å². The van der Waals surface area contributed by atoms with E-state index in [1.165, 1.54) is 124 Å². The number of aromatic nitrogens is 7. The van der Waals surface area contributed by atoms with E-state index >= 15 is 4.79 Å². The number of nitrogens with zero attached hydrogens (tertiary/aromatic N) is 8. The highest BCUT2D eigenvalue weighted by molar-refractivity contribution is 8.94. The minimum Gasteiger partial charge on any atom is -0.324 e. The van der Waals surface area contributed by atoms with Crippen LogP contribution in [0, 0.1) is 0 Å². The highest BCUT2D eigenvalue weighted by atomic mass is 33.2. The molecule has 1 saturated heterocycles. The molecule has 0 spiro atoms. The van der Waals surface area contributed by atoms with Crippen LogP contribution >= 0.6 is 151 Å². The monoisotopic (exact) mass is 1250 g/mol. The number of pyridine rings is 7. The molecule has 0 radical (unpaired) electrons. The van der Waals surface area contributed by atoms with Gasteiger partial charge in [-0.15, -0.1) is 0 Å². The van der Waals surface area contributed by atoms with Crippen LogP contribution in [0.15, 0.2) is 221 Å². The van der Waals surface area contributed by atoms with Crippen LogP contribution < -0.4 is 10.2 Å². The molecule has 9 rings (SSSR count). The second-order valence-electron chi connectivity index (χ2n) is 14.6. The molecule has 12 nitrogen and oxygen atoms in total. The number of nitrogens with one attached hydrogen (secondary N) is 1. The van der Waals surface area contributed by atoms with Gasteiger partial charge in [0.25, 0.3) is 0 Å². The predicted octanol–water partition coefficient (Wildman–Crippen LogP) is 16.7. The molecular formula is C49H37N9O3S14. The van der Waals surface area contributed by atoms with Gasteiger partial charge in [-0.25, -0.2) is 39.8 Å². The Labute approximate surface area is 489 Å². The van der Waals surface area contributed by atoms with Crippen LogP contribution in [0.2, 0.25) is 0 Å². The van der Waals surface area contributed by atoms with E-state index in [0.717, 1.165) is 39.9 Å². The Morgan fingerprint density at radius 3 is 1.16 bits per heavy atom. The molecule has 26 heteroatoms. The Morgan fingerprint density at radius 1 is 0.440 bits per heavy atom. The van der Waals surface area contributed by atoms with Gasteiger partial charge in [0.05, 0.1) is 21.2 Å². The lowest BCUT2D eigenvalue weighted by Gasteiger charge is -2.37. The predicted molar refractivity (Wildman–Crippen MR) is 327 cm³/mol. The second kappa shape index (κ2) is 29.7. The first kappa shape index (κ1) is 56.5. The molecule has 8 heterocycles. The molecule has 380 valence electrons. The van der Waals surface area contributed by atoms with E-state index in [1.807, 2.05) is 127 Å². The maximum atomic E-state index is 15.1. The Balaban J connectivity index is 1.33. The van der Waals surface area contributed by atoms with Gasteiger partial charge in [-0.3, -0.25) is 14.4 Å². The lowest BCUT2D eigenvalue weighted by molar-refractivity contribution is -0.121. The minimum atomic E-state index is -1.17. The quantitative estimate of drug-likeness (QED) is 0.0236. The fourth-order valence-electron chi connectivity index (χ4n) is 6.28. The Kier molecular flexibility index (Phi) is 22.3. The topological polar surface area (TPSA) is 157 Å². The molecule has 8 aromatic rings. The molecule has 1 aliphatic heterocycles. The maximum absolute atomic E-state index is 15.1. The summed E-state index contributed by atoms with van der Waals surface area (Å²) in [6, 6.07) is 40.3. The van der Waals surface area contributed by atoms with Gasteiger partial charge in [0.2, 0.25) is 17.7 Å². The molecule has 1 N–H and O–H groups in total. The van der Waals surface area contributed by atoms with Crippen LogP contribution in [0.5, 0.6) is 0 Å². The summed E-state index contributed by atoms with van der Waals surface area (Å²) in [6.45, 7) is 0. The molecule has 0 bridgehead atoms. The second-order valence-corrected chi connectivity index (χ2v) is 31.4. The summed E-state index contributed by atoms with van der Waals surface area (Å²) in [7, 11) is 20.8. The van der Waals surface area contributed by atoms with Crippen molar-refractivity contribution in [1.82, 2.24) is 34.9 Å². The third kappa shape index (κ3) is 16.2. The number of rotatable bonds is 26. The van der Waals surface area contributed by atoms with Gasteiger partial charge in [0.15, 0.2) is 3.41 Å². The van der Waals surface area contributed by atoms with E-state index in [2.05, 4.69) is 15.3 Å². The molecule has 0 aliphatic carbocycles. The van der Waals surface area contributed by atoms with E-state index in [-0.39, 0.29) is 42.7 Å². The summed E-state index contributed by atoms with van der Waals surface area (Å²) in [5, 5.41) is 8.68. The number of benzene rings is 1. The molecule has 1 aliphatic rings. The van der Waals surface area contributed by atoms with Crippen molar-refractivity contribution in [2.24, 2.45) is 0 Å². The average Bonchev–Trinajstić information content (AvgIpc) is 3.80. The molecule has 0 atom stereocenters. The van der Waals surface area contributed by atoms with E-state index in [9.17, 15) is 9.59 Å². The zero-order valence-electron chi connectivity index (χ0n) is 38.5. The fourth-order valence-corrected chi connectivity index (χ4v) is 26.7. The van der Waals surface area contributed by atoms with Crippen molar-refractivity contribution in [3.05, 3.63) is 176 Å². The Hall–Kier alpha value is -3.22. The van der Waals surface area contributed by atoms with Gasteiger partial charge in [0.1, 0.15) is 35.2 Å². The lowest BCUT2D eigenvalue weighted by Crippen LogP contribution is -2.32. The first-order valence-corrected chi connectivity index (χ1v) is 37.3. The van der Waals surface area contributed by atoms with Crippen molar-refractivity contribution in [2.75, 3.05) is 16.0 Å². The first-order valence-electron chi connectivity index (χ1n) is 22.1. The maximum Gasteiger partial charge on any atom is 0.234 e. The van der Waals surface area contributed by atoms with Gasteiger partial charge >= 0.3 is 0 Å². The average molecular weight is 1250 g/mol. The molecule has 0 unspecified atom stereocenters. The van der Waals surface area contributed by atoms with E-state index in [1.54, 1.807) is 75.8 Å². The fraction of sp³-hybridized carbons (Fsp3) is 0.102. The summed E-state index contributed by atoms with van der Waals surface area (Å²) >= 11 is 0. The van der Waals surface area contributed by atoms with Crippen LogP contribution in [0.4, 0.5) is 11.4 Å². The van der Waals surface area contributed by atoms with Crippen LogP contribution in [0.1, 0.15) is 24.8 Å². The number of imide groups is 1. The first-order chi connectivity index (χ1) is 36.9. The Morgan fingerprint density at radius 2 is 0.787 bits per heavy atom. The van der Waals surface area contributed by atoms with E-state index < -0.39 is 3.41 Å². The largest absolute Gasteiger partial charge is 0.324 e. The van der Waals surface area contributed by atoms with Crippen molar-refractivity contribution in [3.8, 4) is 0 Å². The molecule has 75 heavy (non-hydrogen) atoms. The number of hydrogen-bond acceptors (Lipinski definition) is 24. The minimum absolute atomic E-state index is 0.00158. The number of hydrogen-bond donors (Lipinski definition) is 1. The van der Waals surface area contributed by atoms with Gasteiger partial charge in [0, 0.05) is 78.9 Å². The SMILES string of the molecule is O=C(CCSSc1ccccn1)Nc1c(N2C(=O)CCC2=O)c(SSc2ccccn2)c(SSc2ccccn2)c(SSc2ccccn2)c1C(SSc1ccccn1)(SSc1ccccn1)SSc1ccccn1. The third-order valence-corrected chi connectivity index (χ3v) is 29.8. The smallest absolute Gasteiger partial charge is 0.234 e. The summed E-state index contributed by atoms with van der Waals surface area (Å²) in [5.41, 5.74) is 1.25. The number of anilines is 2. The molecule has 1 fully saturated rings. The van der Waals surface area contributed by atoms with Crippen LogP contribution in [0.3, 0.4) is 0 Å². The van der Waals surface area contributed by atoms with Crippen molar-refractivity contribution in [2.45, 2.75) is 72.5 Å². The van der Waals surface area contributed by atoms with Gasteiger partial charge in [-0.2, -0.15) is 0 Å². The van der Waals surface area contributed by atoms with Crippen molar-refractivity contribution < 1.29 is 14.4 Å². The van der Waals surface area contributed by atoms with Gasteiger partial charge < -0.3 is 5.32 Å². The number of amides is 3.